The Bertz CT molecular complexity index is 454. The number of H-pyrrole nitrogens is 1. The Balaban J connectivity index is 1.93. The SMILES string of the molecule is CCOCC12CC1Cc1c(C(=O)O)n[nH]c12. The summed E-state index contributed by atoms with van der Waals surface area (Å²) in [6, 6.07) is 0. The highest BCUT2D eigenvalue weighted by Crippen LogP contribution is 2.61. The van der Waals surface area contributed by atoms with E-state index in [0.29, 0.717) is 19.1 Å². The molecule has 2 unspecified atom stereocenters. The fraction of sp³-hybridized carbons (Fsp3) is 0.636. The third-order valence-electron chi connectivity index (χ3n) is 3.81. The summed E-state index contributed by atoms with van der Waals surface area (Å²) < 4.78 is 5.49. The van der Waals surface area contributed by atoms with Crippen molar-refractivity contribution in [3.05, 3.63) is 17.0 Å². The van der Waals surface area contributed by atoms with Crippen LogP contribution < -0.4 is 0 Å². The molecule has 16 heavy (non-hydrogen) atoms. The van der Waals surface area contributed by atoms with E-state index in [-0.39, 0.29) is 11.1 Å². The lowest BCUT2D eigenvalue weighted by atomic mass is 10.0. The molecule has 2 aliphatic rings. The number of aromatic amines is 1. The van der Waals surface area contributed by atoms with Gasteiger partial charge in [-0.25, -0.2) is 4.79 Å². The number of carboxylic acid groups (broad SMARTS) is 1. The Hall–Kier alpha value is -1.36. The Labute approximate surface area is 92.8 Å². The van der Waals surface area contributed by atoms with Crippen LogP contribution in [-0.4, -0.2) is 34.5 Å². The van der Waals surface area contributed by atoms with E-state index in [9.17, 15) is 4.79 Å². The van der Waals surface area contributed by atoms with Gasteiger partial charge in [-0.15, -0.1) is 0 Å². The number of carboxylic acids is 1. The molecule has 0 aliphatic heterocycles. The molecule has 1 aromatic heterocycles. The van der Waals surface area contributed by atoms with Crippen LogP contribution in [0.4, 0.5) is 0 Å². The second-order valence-electron chi connectivity index (χ2n) is 4.63. The van der Waals surface area contributed by atoms with Crippen molar-refractivity contribution < 1.29 is 14.6 Å². The number of fused-ring (bicyclic) bond motifs is 3. The van der Waals surface area contributed by atoms with Crippen molar-refractivity contribution in [2.75, 3.05) is 13.2 Å². The first-order valence-electron chi connectivity index (χ1n) is 5.58. The minimum atomic E-state index is -0.939. The van der Waals surface area contributed by atoms with Gasteiger partial charge in [-0.05, 0) is 25.7 Å². The van der Waals surface area contributed by atoms with Crippen LogP contribution in [0.2, 0.25) is 0 Å². The highest BCUT2D eigenvalue weighted by atomic mass is 16.5. The topological polar surface area (TPSA) is 75.2 Å². The first kappa shape index (κ1) is 9.84. The molecular weight excluding hydrogens is 208 g/mol. The number of nitrogens with one attached hydrogen (secondary N) is 1. The van der Waals surface area contributed by atoms with Gasteiger partial charge in [0.15, 0.2) is 5.69 Å². The summed E-state index contributed by atoms with van der Waals surface area (Å²) in [6.45, 7) is 3.35. The van der Waals surface area contributed by atoms with Gasteiger partial charge < -0.3 is 9.84 Å². The lowest BCUT2D eigenvalue weighted by molar-refractivity contribution is 0.0689. The quantitative estimate of drug-likeness (QED) is 0.795. The standard InChI is InChI=1S/C11H14N2O3/c1-2-16-5-11-4-6(11)3-7-8(10(14)15)12-13-9(7)11/h6H,2-5H2,1H3,(H,12,13)(H,14,15). The van der Waals surface area contributed by atoms with Crippen molar-refractivity contribution in [1.82, 2.24) is 10.2 Å². The molecule has 5 heteroatoms. The predicted molar refractivity (Wildman–Crippen MR) is 55.5 cm³/mol. The van der Waals surface area contributed by atoms with Crippen LogP contribution in [-0.2, 0) is 16.6 Å². The second-order valence-corrected chi connectivity index (χ2v) is 4.63. The largest absolute Gasteiger partial charge is 0.476 e. The van der Waals surface area contributed by atoms with E-state index in [2.05, 4.69) is 10.2 Å². The van der Waals surface area contributed by atoms with Gasteiger partial charge in [0.2, 0.25) is 0 Å². The summed E-state index contributed by atoms with van der Waals surface area (Å²) in [6.07, 6.45) is 1.93. The van der Waals surface area contributed by atoms with Crippen LogP contribution in [0.3, 0.4) is 0 Å². The Morgan fingerprint density at radius 1 is 1.75 bits per heavy atom. The van der Waals surface area contributed by atoms with Crippen LogP contribution in [0.25, 0.3) is 0 Å². The average Bonchev–Trinajstić information content (AvgIpc) is 2.66. The number of hydrogen-bond donors (Lipinski definition) is 2. The van der Waals surface area contributed by atoms with Crippen molar-refractivity contribution in [2.45, 2.75) is 25.2 Å². The molecule has 0 aromatic carbocycles. The highest BCUT2D eigenvalue weighted by molar-refractivity contribution is 5.88. The number of carbonyl (C=O) groups is 1. The third kappa shape index (κ3) is 1.09. The molecule has 5 nitrogen and oxygen atoms in total. The van der Waals surface area contributed by atoms with E-state index >= 15 is 0 Å². The smallest absolute Gasteiger partial charge is 0.356 e. The molecule has 0 saturated heterocycles. The van der Waals surface area contributed by atoms with Crippen molar-refractivity contribution in [3.63, 3.8) is 0 Å². The van der Waals surface area contributed by atoms with Gasteiger partial charge in [-0.3, -0.25) is 5.10 Å². The number of aromatic carboxylic acids is 1. The minimum Gasteiger partial charge on any atom is -0.476 e. The van der Waals surface area contributed by atoms with Gasteiger partial charge in [-0.2, -0.15) is 5.10 Å². The lowest BCUT2D eigenvalue weighted by Crippen LogP contribution is -2.16. The first-order valence-corrected chi connectivity index (χ1v) is 5.58. The maximum absolute atomic E-state index is 10.9. The summed E-state index contributed by atoms with van der Waals surface area (Å²) in [7, 11) is 0. The number of ether oxygens (including phenoxy) is 1. The maximum Gasteiger partial charge on any atom is 0.356 e. The molecule has 1 saturated carbocycles. The molecule has 0 amide bonds. The molecule has 0 bridgehead atoms. The molecule has 3 rings (SSSR count). The van der Waals surface area contributed by atoms with Crippen LogP contribution in [0.1, 0.15) is 35.1 Å². The van der Waals surface area contributed by atoms with Crippen LogP contribution in [0.15, 0.2) is 0 Å². The number of nitrogens with zero attached hydrogens (tertiary/aromatic N) is 1. The molecular formula is C11H14N2O3. The third-order valence-corrected chi connectivity index (χ3v) is 3.81. The van der Waals surface area contributed by atoms with E-state index in [1.165, 1.54) is 0 Å². The molecule has 2 atom stereocenters. The number of aromatic nitrogens is 2. The zero-order valence-corrected chi connectivity index (χ0v) is 9.12. The molecule has 1 fully saturated rings. The van der Waals surface area contributed by atoms with Crippen molar-refractivity contribution in [3.8, 4) is 0 Å². The van der Waals surface area contributed by atoms with Crippen LogP contribution in [0, 0.1) is 5.92 Å². The maximum atomic E-state index is 10.9. The zero-order valence-electron chi connectivity index (χ0n) is 9.12. The summed E-state index contributed by atoms with van der Waals surface area (Å²) in [4.78, 5) is 10.9. The highest BCUT2D eigenvalue weighted by Gasteiger charge is 2.62. The Morgan fingerprint density at radius 3 is 3.25 bits per heavy atom. The van der Waals surface area contributed by atoms with E-state index in [0.717, 1.165) is 24.1 Å². The van der Waals surface area contributed by atoms with E-state index in [1.54, 1.807) is 0 Å². The van der Waals surface area contributed by atoms with E-state index in [4.69, 9.17) is 9.84 Å². The number of rotatable bonds is 4. The predicted octanol–water partition coefficient (Wildman–Crippen LogP) is 0.958. The first-order chi connectivity index (χ1) is 7.69. The summed E-state index contributed by atoms with van der Waals surface area (Å²) in [5.41, 5.74) is 2.14. The average molecular weight is 222 g/mol. The second kappa shape index (κ2) is 3.07. The molecule has 2 aliphatic carbocycles. The summed E-state index contributed by atoms with van der Waals surface area (Å²) in [5.74, 6) is -0.383. The van der Waals surface area contributed by atoms with Crippen molar-refractivity contribution in [1.29, 1.82) is 0 Å². The van der Waals surface area contributed by atoms with Gasteiger partial charge in [0.25, 0.3) is 0 Å². The van der Waals surface area contributed by atoms with E-state index < -0.39 is 5.97 Å². The lowest BCUT2D eigenvalue weighted by Gasteiger charge is -2.11. The van der Waals surface area contributed by atoms with Gasteiger partial charge in [-0.1, -0.05) is 0 Å². The summed E-state index contributed by atoms with van der Waals surface area (Å²) in [5, 5.41) is 15.8. The van der Waals surface area contributed by atoms with Crippen LogP contribution >= 0.6 is 0 Å². The fourth-order valence-electron chi connectivity index (χ4n) is 2.89. The van der Waals surface area contributed by atoms with Gasteiger partial charge in [0, 0.05) is 23.3 Å². The molecule has 2 N–H and O–H groups in total. The normalized spacial score (nSPS) is 29.9. The molecule has 0 spiro atoms. The van der Waals surface area contributed by atoms with Crippen LogP contribution in [0.5, 0.6) is 0 Å². The molecule has 1 heterocycles. The van der Waals surface area contributed by atoms with Gasteiger partial charge in [0.1, 0.15) is 0 Å². The minimum absolute atomic E-state index is 0.0477. The Morgan fingerprint density at radius 2 is 2.56 bits per heavy atom. The van der Waals surface area contributed by atoms with E-state index in [1.807, 2.05) is 6.92 Å². The van der Waals surface area contributed by atoms with Crippen molar-refractivity contribution >= 4 is 5.97 Å². The fourth-order valence-corrected chi connectivity index (χ4v) is 2.89. The van der Waals surface area contributed by atoms with Crippen molar-refractivity contribution in [2.24, 2.45) is 5.92 Å². The monoisotopic (exact) mass is 222 g/mol. The Kier molecular flexibility index (Phi) is 1.89. The number of hydrogen-bond acceptors (Lipinski definition) is 3. The zero-order chi connectivity index (χ0) is 11.3. The van der Waals surface area contributed by atoms with Gasteiger partial charge in [0.05, 0.1) is 6.61 Å². The van der Waals surface area contributed by atoms with Gasteiger partial charge >= 0.3 is 5.97 Å². The molecule has 86 valence electrons. The molecule has 1 aromatic rings. The molecule has 0 radical (unpaired) electrons. The summed E-state index contributed by atoms with van der Waals surface area (Å²) >= 11 is 0.